The van der Waals surface area contributed by atoms with Crippen LogP contribution in [0.4, 0.5) is 0 Å². The predicted octanol–water partition coefficient (Wildman–Crippen LogP) is 1.63. The van der Waals surface area contributed by atoms with E-state index in [1.165, 1.54) is 10.5 Å². The predicted molar refractivity (Wildman–Crippen MR) is 59.9 cm³/mol. The molecule has 1 fully saturated rings. The summed E-state index contributed by atoms with van der Waals surface area (Å²) in [6, 6.07) is 1.58. The maximum absolute atomic E-state index is 12.1. The van der Waals surface area contributed by atoms with Crippen molar-refractivity contribution in [1.29, 1.82) is 0 Å². The first-order chi connectivity index (χ1) is 7.10. The molecule has 1 aromatic rings. The Kier molecular flexibility index (Phi) is 3.08. The second-order valence-electron chi connectivity index (χ2n) is 3.45. The Morgan fingerprint density at radius 3 is 2.53 bits per heavy atom. The lowest BCUT2D eigenvalue weighted by Gasteiger charge is -2.14. The summed E-state index contributed by atoms with van der Waals surface area (Å²) in [6.45, 7) is 1.24. The third-order valence-electron chi connectivity index (χ3n) is 2.38. The molecule has 1 aliphatic rings. The molecule has 2 heterocycles. The molecule has 0 bridgehead atoms. The van der Waals surface area contributed by atoms with Crippen molar-refractivity contribution < 1.29 is 8.42 Å². The van der Waals surface area contributed by atoms with Gasteiger partial charge in [0.15, 0.2) is 0 Å². The van der Waals surface area contributed by atoms with Gasteiger partial charge in [-0.25, -0.2) is 8.42 Å². The molecule has 0 spiro atoms. The summed E-state index contributed by atoms with van der Waals surface area (Å²) in [5, 5.41) is 0. The van der Waals surface area contributed by atoms with Gasteiger partial charge in [-0.2, -0.15) is 4.31 Å². The highest BCUT2D eigenvalue weighted by Gasteiger charge is 2.27. The Labute approximate surface area is 97.5 Å². The van der Waals surface area contributed by atoms with Crippen LogP contribution in [-0.2, 0) is 10.0 Å². The molecule has 0 atom stereocenters. The van der Waals surface area contributed by atoms with E-state index >= 15 is 0 Å². The molecule has 2 rings (SSSR count). The van der Waals surface area contributed by atoms with Crippen molar-refractivity contribution in [2.45, 2.75) is 17.7 Å². The van der Waals surface area contributed by atoms with Crippen LogP contribution in [0.15, 0.2) is 27.8 Å². The number of nitrogens with zero attached hydrogens (tertiary/aromatic N) is 2. The molecule has 0 unspecified atom stereocenters. The van der Waals surface area contributed by atoms with Gasteiger partial charge in [-0.15, -0.1) is 0 Å². The molecule has 0 saturated carbocycles. The fraction of sp³-hybridized carbons (Fsp3) is 0.444. The van der Waals surface area contributed by atoms with Gasteiger partial charge in [-0.05, 0) is 34.8 Å². The second-order valence-corrected chi connectivity index (χ2v) is 6.30. The van der Waals surface area contributed by atoms with Crippen LogP contribution >= 0.6 is 15.9 Å². The van der Waals surface area contributed by atoms with E-state index in [0.717, 1.165) is 12.8 Å². The van der Waals surface area contributed by atoms with E-state index in [2.05, 4.69) is 20.9 Å². The van der Waals surface area contributed by atoms with E-state index in [-0.39, 0.29) is 4.90 Å². The topological polar surface area (TPSA) is 50.3 Å². The number of pyridine rings is 1. The summed E-state index contributed by atoms with van der Waals surface area (Å²) < 4.78 is 26.3. The zero-order chi connectivity index (χ0) is 10.9. The molecule has 0 aliphatic carbocycles. The van der Waals surface area contributed by atoms with Crippen molar-refractivity contribution in [3.63, 3.8) is 0 Å². The number of sulfonamides is 1. The van der Waals surface area contributed by atoms with Crippen molar-refractivity contribution in [3.8, 4) is 0 Å². The first kappa shape index (κ1) is 11.0. The van der Waals surface area contributed by atoms with Crippen LogP contribution < -0.4 is 0 Å². The number of rotatable bonds is 2. The van der Waals surface area contributed by atoms with Gasteiger partial charge in [0.05, 0.1) is 0 Å². The molecule has 1 aromatic heterocycles. The molecule has 1 saturated heterocycles. The molecule has 0 radical (unpaired) electrons. The third kappa shape index (κ3) is 2.21. The summed E-state index contributed by atoms with van der Waals surface area (Å²) in [4.78, 5) is 4.13. The molecule has 6 heteroatoms. The number of hydrogen-bond donors (Lipinski definition) is 0. The fourth-order valence-electron chi connectivity index (χ4n) is 1.61. The van der Waals surface area contributed by atoms with E-state index in [1.807, 2.05) is 0 Å². The Hall–Kier alpha value is -0.460. The molecule has 0 N–H and O–H groups in total. The van der Waals surface area contributed by atoms with E-state index in [4.69, 9.17) is 0 Å². The first-order valence-corrected chi connectivity index (χ1v) is 6.95. The van der Waals surface area contributed by atoms with Crippen LogP contribution in [0.2, 0.25) is 0 Å². The lowest BCUT2D eigenvalue weighted by atomic mass is 10.4. The first-order valence-electron chi connectivity index (χ1n) is 4.71. The highest BCUT2D eigenvalue weighted by molar-refractivity contribution is 9.10. The molecule has 0 amide bonds. The van der Waals surface area contributed by atoms with Gasteiger partial charge in [-0.3, -0.25) is 4.98 Å². The standard InChI is InChI=1S/C9H11BrN2O2S/c10-8-5-9(7-11-6-8)15(13,14)12-3-1-2-4-12/h5-7H,1-4H2. The Balaban J connectivity index is 2.36. The van der Waals surface area contributed by atoms with E-state index in [9.17, 15) is 8.42 Å². The van der Waals surface area contributed by atoms with Crippen molar-refractivity contribution >= 4 is 26.0 Å². The summed E-state index contributed by atoms with van der Waals surface area (Å²) in [5.41, 5.74) is 0. The van der Waals surface area contributed by atoms with Gasteiger partial charge >= 0.3 is 0 Å². The monoisotopic (exact) mass is 290 g/mol. The Morgan fingerprint density at radius 1 is 1.27 bits per heavy atom. The molecule has 15 heavy (non-hydrogen) atoms. The molecule has 0 aromatic carbocycles. The van der Waals surface area contributed by atoms with Gasteiger partial charge in [0.1, 0.15) is 4.90 Å². The zero-order valence-corrected chi connectivity index (χ0v) is 10.5. The minimum absolute atomic E-state index is 0.263. The second kappa shape index (κ2) is 4.19. The van der Waals surface area contributed by atoms with Crippen LogP contribution in [0.25, 0.3) is 0 Å². The van der Waals surface area contributed by atoms with Crippen LogP contribution in [-0.4, -0.2) is 30.8 Å². The SMILES string of the molecule is O=S(=O)(c1cncc(Br)c1)N1CCCC1. The van der Waals surface area contributed by atoms with Gasteiger partial charge < -0.3 is 0 Å². The minimum Gasteiger partial charge on any atom is -0.262 e. The fourth-order valence-corrected chi connectivity index (χ4v) is 3.63. The van der Waals surface area contributed by atoms with E-state index < -0.39 is 10.0 Å². The van der Waals surface area contributed by atoms with Gasteiger partial charge in [-0.1, -0.05) is 0 Å². The van der Waals surface area contributed by atoms with Gasteiger partial charge in [0.25, 0.3) is 0 Å². The largest absolute Gasteiger partial charge is 0.262 e. The zero-order valence-electron chi connectivity index (χ0n) is 8.06. The average Bonchev–Trinajstić information content (AvgIpc) is 2.71. The molecule has 4 nitrogen and oxygen atoms in total. The van der Waals surface area contributed by atoms with Crippen molar-refractivity contribution in [3.05, 3.63) is 22.9 Å². The average molecular weight is 291 g/mol. The van der Waals surface area contributed by atoms with Crippen molar-refractivity contribution in [2.24, 2.45) is 0 Å². The lowest BCUT2D eigenvalue weighted by Crippen LogP contribution is -2.27. The van der Waals surface area contributed by atoms with Crippen LogP contribution in [0.1, 0.15) is 12.8 Å². The van der Waals surface area contributed by atoms with Crippen LogP contribution in [0.3, 0.4) is 0 Å². The molecular weight excluding hydrogens is 280 g/mol. The van der Waals surface area contributed by atoms with Crippen molar-refractivity contribution in [1.82, 2.24) is 9.29 Å². The van der Waals surface area contributed by atoms with Crippen molar-refractivity contribution in [2.75, 3.05) is 13.1 Å². The molecule has 82 valence electrons. The number of halogens is 1. The normalized spacial score (nSPS) is 18.2. The lowest BCUT2D eigenvalue weighted by molar-refractivity contribution is 0.477. The number of hydrogen-bond acceptors (Lipinski definition) is 3. The minimum atomic E-state index is -3.32. The number of aromatic nitrogens is 1. The van der Waals surface area contributed by atoms with Gasteiger partial charge in [0.2, 0.25) is 10.0 Å². The summed E-state index contributed by atoms with van der Waals surface area (Å²) in [7, 11) is -3.32. The third-order valence-corrected chi connectivity index (χ3v) is 4.68. The van der Waals surface area contributed by atoms with E-state index in [0.29, 0.717) is 17.6 Å². The maximum Gasteiger partial charge on any atom is 0.244 e. The quantitative estimate of drug-likeness (QED) is 0.832. The smallest absolute Gasteiger partial charge is 0.244 e. The summed E-state index contributed by atoms with van der Waals surface area (Å²) >= 11 is 3.22. The van der Waals surface area contributed by atoms with Crippen LogP contribution in [0, 0.1) is 0 Å². The van der Waals surface area contributed by atoms with E-state index in [1.54, 1.807) is 12.3 Å². The van der Waals surface area contributed by atoms with Gasteiger partial charge in [0, 0.05) is 30.0 Å². The summed E-state index contributed by atoms with van der Waals surface area (Å²) in [6.07, 6.45) is 4.85. The Bertz CT molecular complexity index is 455. The van der Waals surface area contributed by atoms with Crippen LogP contribution in [0.5, 0.6) is 0 Å². The maximum atomic E-state index is 12.1. The molecule has 1 aliphatic heterocycles. The summed E-state index contributed by atoms with van der Waals surface area (Å²) in [5.74, 6) is 0. The highest BCUT2D eigenvalue weighted by Crippen LogP contribution is 2.22. The Morgan fingerprint density at radius 2 is 1.93 bits per heavy atom. The highest BCUT2D eigenvalue weighted by atomic mass is 79.9. The molecular formula is C9H11BrN2O2S.